The highest BCUT2D eigenvalue weighted by atomic mass is 15.2. The molecule has 2 heterocycles. The van der Waals surface area contributed by atoms with Crippen molar-refractivity contribution >= 4 is 0 Å². The van der Waals surface area contributed by atoms with Crippen LogP contribution in [0.2, 0.25) is 0 Å². The maximum atomic E-state index is 4.25. The van der Waals surface area contributed by atoms with Crippen molar-refractivity contribution in [2.24, 2.45) is 7.05 Å². The summed E-state index contributed by atoms with van der Waals surface area (Å²) in [6.07, 6.45) is 6.68. The number of nitrogens with zero attached hydrogens (tertiary/aromatic N) is 3. The average molecular weight is 269 g/mol. The molecule has 20 heavy (non-hydrogen) atoms. The van der Waals surface area contributed by atoms with Crippen molar-refractivity contribution in [1.29, 1.82) is 0 Å². The van der Waals surface area contributed by atoms with E-state index in [1.54, 1.807) is 0 Å². The highest BCUT2D eigenvalue weighted by Gasteiger charge is 2.20. The zero-order chi connectivity index (χ0) is 14.1. The summed E-state index contributed by atoms with van der Waals surface area (Å²) >= 11 is 0. The standard InChI is InChI=1S/C17H23N3/c1-13-9-15(17-10-18-19(3)11-17)6-7-16(13)12-20-8-4-5-14(20)2/h6-7,9-11,14H,4-5,8,12H2,1-3H3. The fourth-order valence-electron chi connectivity index (χ4n) is 3.07. The number of aryl methyl sites for hydroxylation is 2. The van der Waals surface area contributed by atoms with Crippen molar-refractivity contribution in [3.05, 3.63) is 41.7 Å². The molecule has 0 bridgehead atoms. The van der Waals surface area contributed by atoms with Crippen molar-refractivity contribution in [3.8, 4) is 11.1 Å². The third-order valence-corrected chi connectivity index (χ3v) is 4.44. The molecule has 0 amide bonds. The van der Waals surface area contributed by atoms with Crippen LogP contribution in [0.25, 0.3) is 11.1 Å². The minimum atomic E-state index is 0.729. The van der Waals surface area contributed by atoms with Gasteiger partial charge in [-0.15, -0.1) is 0 Å². The number of rotatable bonds is 3. The number of likely N-dealkylation sites (tertiary alicyclic amines) is 1. The van der Waals surface area contributed by atoms with Crippen LogP contribution in [0, 0.1) is 6.92 Å². The fraction of sp³-hybridized carbons (Fsp3) is 0.471. The normalized spacial score (nSPS) is 19.6. The van der Waals surface area contributed by atoms with Gasteiger partial charge in [0, 0.05) is 31.4 Å². The topological polar surface area (TPSA) is 21.1 Å². The van der Waals surface area contributed by atoms with Gasteiger partial charge in [-0.25, -0.2) is 0 Å². The van der Waals surface area contributed by atoms with Crippen molar-refractivity contribution in [3.63, 3.8) is 0 Å². The van der Waals surface area contributed by atoms with E-state index in [1.165, 1.54) is 41.6 Å². The average Bonchev–Trinajstić information content (AvgIpc) is 3.02. The summed E-state index contributed by atoms with van der Waals surface area (Å²) < 4.78 is 1.85. The van der Waals surface area contributed by atoms with E-state index in [4.69, 9.17) is 0 Å². The van der Waals surface area contributed by atoms with Crippen LogP contribution >= 0.6 is 0 Å². The largest absolute Gasteiger partial charge is 0.296 e. The van der Waals surface area contributed by atoms with Crippen molar-refractivity contribution < 1.29 is 0 Å². The molecule has 1 unspecified atom stereocenters. The van der Waals surface area contributed by atoms with E-state index in [-0.39, 0.29) is 0 Å². The molecule has 1 aliphatic rings. The number of hydrogen-bond acceptors (Lipinski definition) is 2. The minimum absolute atomic E-state index is 0.729. The van der Waals surface area contributed by atoms with Gasteiger partial charge in [0.1, 0.15) is 0 Å². The Morgan fingerprint density at radius 1 is 1.30 bits per heavy atom. The van der Waals surface area contributed by atoms with E-state index in [0.717, 1.165) is 12.6 Å². The van der Waals surface area contributed by atoms with Gasteiger partial charge in [0.15, 0.2) is 0 Å². The Bertz CT molecular complexity index is 600. The Kier molecular flexibility index (Phi) is 3.62. The Hall–Kier alpha value is -1.61. The lowest BCUT2D eigenvalue weighted by atomic mass is 10.0. The molecule has 0 radical (unpaired) electrons. The first-order valence-corrected chi connectivity index (χ1v) is 7.46. The number of aromatic nitrogens is 2. The second-order valence-electron chi connectivity index (χ2n) is 6.01. The van der Waals surface area contributed by atoms with Gasteiger partial charge in [-0.2, -0.15) is 5.10 Å². The maximum Gasteiger partial charge on any atom is 0.0568 e. The lowest BCUT2D eigenvalue weighted by Gasteiger charge is -2.22. The molecule has 1 aromatic heterocycles. The third-order valence-electron chi connectivity index (χ3n) is 4.44. The van der Waals surface area contributed by atoms with Gasteiger partial charge in [0.2, 0.25) is 0 Å². The molecule has 1 saturated heterocycles. The van der Waals surface area contributed by atoms with Crippen LogP contribution in [0.1, 0.15) is 30.9 Å². The molecule has 3 heteroatoms. The highest BCUT2D eigenvalue weighted by Crippen LogP contribution is 2.25. The van der Waals surface area contributed by atoms with Gasteiger partial charge < -0.3 is 0 Å². The summed E-state index contributed by atoms with van der Waals surface area (Å²) in [5.41, 5.74) is 5.28. The van der Waals surface area contributed by atoms with Gasteiger partial charge in [0.05, 0.1) is 6.20 Å². The highest BCUT2D eigenvalue weighted by molar-refractivity contribution is 5.63. The Morgan fingerprint density at radius 3 is 2.75 bits per heavy atom. The number of benzene rings is 1. The minimum Gasteiger partial charge on any atom is -0.296 e. The second-order valence-corrected chi connectivity index (χ2v) is 6.01. The summed E-state index contributed by atoms with van der Waals surface area (Å²) in [5.74, 6) is 0. The molecule has 3 nitrogen and oxygen atoms in total. The predicted molar refractivity (Wildman–Crippen MR) is 82.5 cm³/mol. The van der Waals surface area contributed by atoms with E-state index in [0.29, 0.717) is 0 Å². The molecule has 3 rings (SSSR count). The zero-order valence-electron chi connectivity index (χ0n) is 12.6. The van der Waals surface area contributed by atoms with Gasteiger partial charge in [-0.3, -0.25) is 9.58 Å². The summed E-state index contributed by atoms with van der Waals surface area (Å²) in [6.45, 7) is 6.88. The van der Waals surface area contributed by atoms with Crippen LogP contribution in [0.4, 0.5) is 0 Å². The Balaban J connectivity index is 1.80. The second kappa shape index (κ2) is 5.41. The molecule has 0 saturated carbocycles. The number of hydrogen-bond donors (Lipinski definition) is 0. The summed E-state index contributed by atoms with van der Waals surface area (Å²) in [7, 11) is 1.96. The molecule has 0 spiro atoms. The third kappa shape index (κ3) is 2.63. The van der Waals surface area contributed by atoms with E-state index in [1.807, 2.05) is 17.9 Å². The lowest BCUT2D eigenvalue weighted by Crippen LogP contribution is -2.26. The van der Waals surface area contributed by atoms with Crippen molar-refractivity contribution in [2.75, 3.05) is 6.54 Å². The fourth-order valence-corrected chi connectivity index (χ4v) is 3.07. The van der Waals surface area contributed by atoms with Gasteiger partial charge >= 0.3 is 0 Å². The van der Waals surface area contributed by atoms with Crippen molar-refractivity contribution in [1.82, 2.24) is 14.7 Å². The molecule has 1 aromatic carbocycles. The first-order chi connectivity index (χ1) is 9.63. The molecule has 0 aliphatic carbocycles. The SMILES string of the molecule is Cc1cc(-c2cnn(C)c2)ccc1CN1CCCC1C. The summed E-state index contributed by atoms with van der Waals surface area (Å²) in [6, 6.07) is 7.52. The van der Waals surface area contributed by atoms with Crippen molar-refractivity contribution in [2.45, 2.75) is 39.3 Å². The first kappa shape index (κ1) is 13.4. The molecule has 1 atom stereocenters. The van der Waals surface area contributed by atoms with Gasteiger partial charge in [-0.05, 0) is 49.9 Å². The van der Waals surface area contributed by atoms with E-state index in [2.05, 4.69) is 48.2 Å². The van der Waals surface area contributed by atoms with Crippen LogP contribution in [0.5, 0.6) is 0 Å². The van der Waals surface area contributed by atoms with Crippen LogP contribution in [0.3, 0.4) is 0 Å². The molecule has 0 N–H and O–H groups in total. The Morgan fingerprint density at radius 2 is 2.15 bits per heavy atom. The smallest absolute Gasteiger partial charge is 0.0568 e. The Labute approximate surface area is 121 Å². The molecular weight excluding hydrogens is 246 g/mol. The van der Waals surface area contributed by atoms with E-state index in [9.17, 15) is 0 Å². The molecule has 1 fully saturated rings. The van der Waals surface area contributed by atoms with Gasteiger partial charge in [0.25, 0.3) is 0 Å². The van der Waals surface area contributed by atoms with E-state index >= 15 is 0 Å². The lowest BCUT2D eigenvalue weighted by molar-refractivity contribution is 0.260. The summed E-state index contributed by atoms with van der Waals surface area (Å²) in [4.78, 5) is 2.59. The van der Waals surface area contributed by atoms with Gasteiger partial charge in [-0.1, -0.05) is 18.2 Å². The summed E-state index contributed by atoms with van der Waals surface area (Å²) in [5, 5.41) is 4.25. The van der Waals surface area contributed by atoms with Crippen LogP contribution in [0.15, 0.2) is 30.6 Å². The first-order valence-electron chi connectivity index (χ1n) is 7.46. The monoisotopic (exact) mass is 269 g/mol. The quantitative estimate of drug-likeness (QED) is 0.851. The van der Waals surface area contributed by atoms with Crippen LogP contribution < -0.4 is 0 Å². The van der Waals surface area contributed by atoms with E-state index < -0.39 is 0 Å². The zero-order valence-corrected chi connectivity index (χ0v) is 12.6. The molecule has 1 aliphatic heterocycles. The van der Waals surface area contributed by atoms with Crippen LogP contribution in [-0.2, 0) is 13.6 Å². The molecular formula is C17H23N3. The van der Waals surface area contributed by atoms with Crippen LogP contribution in [-0.4, -0.2) is 27.3 Å². The maximum absolute atomic E-state index is 4.25. The molecule has 106 valence electrons. The molecule has 2 aromatic rings. The predicted octanol–water partition coefficient (Wildman–Crippen LogP) is 3.38.